The molecule has 240 valence electrons. The summed E-state index contributed by atoms with van der Waals surface area (Å²) in [5, 5.41) is 100.0. The highest BCUT2D eigenvalue weighted by Gasteiger charge is 2.38. The third-order valence-electron chi connectivity index (χ3n) is 4.35. The zero-order valence-electron chi connectivity index (χ0n) is 21.1. The lowest BCUT2D eigenvalue weighted by atomic mass is 9.94. The van der Waals surface area contributed by atoms with Crippen molar-refractivity contribution in [1.82, 2.24) is 0 Å². The van der Waals surface area contributed by atoms with E-state index in [1.165, 1.54) is 0 Å². The van der Waals surface area contributed by atoms with E-state index in [4.69, 9.17) is 30.6 Å². The van der Waals surface area contributed by atoms with Crippen molar-refractivity contribution in [3.05, 3.63) is 11.6 Å². The Morgan fingerprint density at radius 2 is 1.17 bits per heavy atom. The number of rotatable bonds is 17. The molecule has 3 atom stereocenters. The second-order valence-electron chi connectivity index (χ2n) is 7.59. The number of aliphatic hydroxyl groups excluding tert-OH is 1. The van der Waals surface area contributed by atoms with Gasteiger partial charge in [-0.3, -0.25) is 14.4 Å². The van der Waals surface area contributed by atoms with Gasteiger partial charge in [0.05, 0.1) is 18.4 Å². The maximum Gasteiger partial charge on any atom is 0.336 e. The van der Waals surface area contributed by atoms with Gasteiger partial charge in [-0.05, 0) is 31.3 Å². The number of carboxylic acids is 9. The SMILES string of the molecule is O.O=C(O)/C=C(/CCC(=O)O)C(=O)[O-].O=C(O)CC[C@@](O)(CC(=O)O)C(=O)O.O=C([O-])CC[C@H](C(=O)[O-])[C@@H](O)C(=O)[O-]. The average molecular weight is 614 g/mol. The summed E-state index contributed by atoms with van der Waals surface area (Å²) < 4.78 is 0. The number of hydrogen-bond donors (Lipinski definition) is 7. The van der Waals surface area contributed by atoms with E-state index in [0.29, 0.717) is 6.08 Å². The first-order valence-corrected chi connectivity index (χ1v) is 10.6. The van der Waals surface area contributed by atoms with Crippen LogP contribution in [0, 0.1) is 5.92 Å². The number of carboxylic acid groups (broad SMARTS) is 9. The molecule has 0 fully saturated rings. The van der Waals surface area contributed by atoms with Gasteiger partial charge in [-0.1, -0.05) is 0 Å². The fourth-order valence-electron chi connectivity index (χ4n) is 2.30. The Bertz CT molecular complexity index is 1030. The summed E-state index contributed by atoms with van der Waals surface area (Å²) >= 11 is 0. The van der Waals surface area contributed by atoms with Gasteiger partial charge in [-0.25, -0.2) is 9.59 Å². The summed E-state index contributed by atoms with van der Waals surface area (Å²) in [5.74, 6) is -16.0. The van der Waals surface area contributed by atoms with Crippen molar-refractivity contribution in [2.24, 2.45) is 5.92 Å². The Labute approximate surface area is 233 Å². The van der Waals surface area contributed by atoms with Crippen LogP contribution in [0.5, 0.6) is 0 Å². The predicted molar refractivity (Wildman–Crippen MR) is 117 cm³/mol. The van der Waals surface area contributed by atoms with E-state index >= 15 is 0 Å². The van der Waals surface area contributed by atoms with E-state index < -0.39 is 115 Å². The van der Waals surface area contributed by atoms with Crippen LogP contribution in [0.4, 0.5) is 0 Å². The molecule has 0 aliphatic carbocycles. The first-order chi connectivity index (χ1) is 18.6. The molecule has 21 heteroatoms. The van der Waals surface area contributed by atoms with E-state index in [1.54, 1.807) is 0 Å². The highest BCUT2D eigenvalue weighted by molar-refractivity contribution is 5.94. The quantitative estimate of drug-likeness (QED) is 0.0747. The molecule has 0 spiro atoms. The highest BCUT2D eigenvalue weighted by Crippen LogP contribution is 2.18. The predicted octanol–water partition coefficient (Wildman–Crippen LogP) is -8.08. The minimum atomic E-state index is -2.51. The fraction of sp³-hybridized carbons (Fsp3) is 0.476. The molecule has 0 bridgehead atoms. The smallest absolute Gasteiger partial charge is 0.336 e. The molecule has 0 amide bonds. The van der Waals surface area contributed by atoms with Crippen LogP contribution >= 0.6 is 0 Å². The molecular weight excluding hydrogens is 588 g/mol. The number of hydrogen-bond acceptors (Lipinski definition) is 15. The van der Waals surface area contributed by atoms with Crippen LogP contribution < -0.4 is 20.4 Å². The number of carbonyl (C=O) groups excluding carboxylic acids is 4. The van der Waals surface area contributed by atoms with Gasteiger partial charge in [0.1, 0.15) is 6.10 Å². The van der Waals surface area contributed by atoms with Gasteiger partial charge >= 0.3 is 29.8 Å². The zero-order chi connectivity index (χ0) is 33.1. The van der Waals surface area contributed by atoms with Gasteiger partial charge in [-0.15, -0.1) is 0 Å². The second-order valence-corrected chi connectivity index (χ2v) is 7.59. The monoisotopic (exact) mass is 614 g/mol. The molecule has 0 aliphatic rings. The summed E-state index contributed by atoms with van der Waals surface area (Å²) in [4.78, 5) is 91.3. The average Bonchev–Trinajstić information content (AvgIpc) is 2.79. The topological polar surface area (TPSA) is 419 Å². The minimum absolute atomic E-state index is 0. The maximum absolute atomic E-state index is 10.5. The lowest BCUT2D eigenvalue weighted by Crippen LogP contribution is -2.48. The molecule has 0 aromatic heterocycles. The largest absolute Gasteiger partial charge is 0.550 e. The molecule has 0 aromatic rings. The first-order valence-electron chi connectivity index (χ1n) is 10.6. The van der Waals surface area contributed by atoms with Gasteiger partial charge in [0, 0.05) is 36.8 Å². The summed E-state index contributed by atoms with van der Waals surface area (Å²) in [7, 11) is 0. The molecule has 0 saturated heterocycles. The van der Waals surface area contributed by atoms with E-state index in [0.717, 1.165) is 0 Å². The molecule has 0 aliphatic heterocycles. The van der Waals surface area contributed by atoms with E-state index in [-0.39, 0.29) is 11.9 Å². The fourth-order valence-corrected chi connectivity index (χ4v) is 2.30. The molecule has 9 N–H and O–H groups in total. The molecule has 0 aromatic carbocycles. The minimum Gasteiger partial charge on any atom is -0.550 e. The van der Waals surface area contributed by atoms with Crippen molar-refractivity contribution in [1.29, 1.82) is 0 Å². The molecule has 0 heterocycles. The number of aliphatic hydroxyl groups is 2. The molecule has 0 saturated carbocycles. The van der Waals surface area contributed by atoms with Crippen LogP contribution in [-0.2, 0) is 43.2 Å². The lowest BCUT2D eigenvalue weighted by molar-refractivity contribution is -0.331. The van der Waals surface area contributed by atoms with Crippen molar-refractivity contribution in [2.45, 2.75) is 56.7 Å². The second kappa shape index (κ2) is 21.6. The Morgan fingerprint density at radius 3 is 1.45 bits per heavy atom. The van der Waals surface area contributed by atoms with Gasteiger partial charge in [0.2, 0.25) is 0 Å². The normalized spacial score (nSPS) is 13.0. The first kappa shape index (κ1) is 43.9. The van der Waals surface area contributed by atoms with Crippen LogP contribution in [-0.4, -0.2) is 107 Å². The van der Waals surface area contributed by atoms with Gasteiger partial charge < -0.3 is 80.8 Å². The summed E-state index contributed by atoms with van der Waals surface area (Å²) in [6.45, 7) is 0. The Kier molecular flexibility index (Phi) is 22.6. The molecule has 0 rings (SSSR count). The Morgan fingerprint density at radius 1 is 0.690 bits per heavy atom. The number of carbonyl (C=O) groups is 9. The summed E-state index contributed by atoms with van der Waals surface area (Å²) in [6, 6.07) is 0. The molecule has 0 radical (unpaired) electrons. The van der Waals surface area contributed by atoms with Crippen LogP contribution in [0.2, 0.25) is 0 Å². The highest BCUT2D eigenvalue weighted by atomic mass is 16.4. The van der Waals surface area contributed by atoms with E-state index in [2.05, 4.69) is 0 Å². The molecule has 21 nitrogen and oxygen atoms in total. The van der Waals surface area contributed by atoms with Gasteiger partial charge in [0.25, 0.3) is 0 Å². The standard InChI is InChI=1S/2C7H10O7.C7H8O6.H2O/c8-4(9)1-2-7(14,6(12)13)3-5(10)11;8-4(9)2-1-3(6(11)12)5(10)7(13)14;8-5(9)2-1-4(7(12)13)3-6(10)11;/h14H,1-3H2,(H,8,9)(H,10,11)(H,12,13);3,5,10H,1-2H2,(H,8,9)(H,11,12)(H,13,14);3H,1-2H2,(H,8,9)(H,10,11)(H,12,13);1H2/p-4/b;;4-3-;/t7-;3-,5+;;/m10../s1. The van der Waals surface area contributed by atoms with Crippen molar-refractivity contribution in [2.75, 3.05) is 0 Å². The Hall–Kier alpha value is -5.15. The summed E-state index contributed by atoms with van der Waals surface area (Å²) in [5.41, 5.74) is -3.04. The van der Waals surface area contributed by atoms with Gasteiger partial charge in [-0.2, -0.15) is 0 Å². The van der Waals surface area contributed by atoms with Crippen LogP contribution in [0.3, 0.4) is 0 Å². The summed E-state index contributed by atoms with van der Waals surface area (Å²) in [6.07, 6.45) is -6.16. The van der Waals surface area contributed by atoms with Gasteiger partial charge in [0.15, 0.2) is 5.60 Å². The van der Waals surface area contributed by atoms with E-state index in [9.17, 15) is 68.7 Å². The van der Waals surface area contributed by atoms with Crippen molar-refractivity contribution in [3.8, 4) is 0 Å². The zero-order valence-corrected chi connectivity index (χ0v) is 21.1. The van der Waals surface area contributed by atoms with Crippen molar-refractivity contribution < 1.29 is 105 Å². The lowest BCUT2D eigenvalue weighted by Gasteiger charge is -2.24. The third-order valence-corrected chi connectivity index (χ3v) is 4.35. The maximum atomic E-state index is 10.5. The third kappa shape index (κ3) is 22.8. The Balaban J connectivity index is -0.000000255. The molecule has 0 unspecified atom stereocenters. The van der Waals surface area contributed by atoms with Crippen LogP contribution in [0.1, 0.15) is 44.9 Å². The van der Waals surface area contributed by atoms with E-state index in [1.807, 2.05) is 0 Å². The van der Waals surface area contributed by atoms with Crippen molar-refractivity contribution >= 4 is 53.7 Å². The van der Waals surface area contributed by atoms with Crippen molar-refractivity contribution in [3.63, 3.8) is 0 Å². The van der Waals surface area contributed by atoms with Crippen LogP contribution in [0.25, 0.3) is 0 Å². The van der Waals surface area contributed by atoms with Crippen LogP contribution in [0.15, 0.2) is 11.6 Å². The molecular formula is C21H26O21-4. The number of aliphatic carboxylic acids is 9. The molecule has 42 heavy (non-hydrogen) atoms.